The van der Waals surface area contributed by atoms with Crippen molar-refractivity contribution < 1.29 is 19.7 Å². The number of nitrogens with zero attached hydrogens (tertiary/aromatic N) is 2. The first kappa shape index (κ1) is 21.1. The number of amides is 1. The highest BCUT2D eigenvalue weighted by molar-refractivity contribution is 5.98. The van der Waals surface area contributed by atoms with Gasteiger partial charge in [-0.2, -0.15) is 0 Å². The summed E-state index contributed by atoms with van der Waals surface area (Å²) in [5.41, 5.74) is 5.85. The molecule has 1 aliphatic heterocycles. The van der Waals surface area contributed by atoms with Gasteiger partial charge in [0.05, 0.1) is 17.1 Å². The highest BCUT2D eigenvalue weighted by Crippen LogP contribution is 2.31. The average molecular weight is 404 g/mol. The molecule has 8 nitrogen and oxygen atoms in total. The van der Waals surface area contributed by atoms with Gasteiger partial charge < -0.3 is 20.7 Å². The predicted octanol–water partition coefficient (Wildman–Crippen LogP) is 3.02. The van der Waals surface area contributed by atoms with Gasteiger partial charge in [0.15, 0.2) is 0 Å². The van der Waals surface area contributed by atoms with Crippen LogP contribution in [0.5, 0.6) is 5.75 Å². The molecule has 1 unspecified atom stereocenters. The zero-order chi connectivity index (χ0) is 20.8. The Hall–Kier alpha value is -2.61. The summed E-state index contributed by atoms with van der Waals surface area (Å²) >= 11 is 0. The van der Waals surface area contributed by atoms with Crippen LogP contribution in [0, 0.1) is 10.8 Å². The normalized spacial score (nSPS) is 20.4. The number of likely N-dealkylation sites (tertiary alicyclic amines) is 1. The van der Waals surface area contributed by atoms with E-state index in [-0.39, 0.29) is 33.8 Å². The Morgan fingerprint density at radius 2 is 2.07 bits per heavy atom. The number of nitrogens with two attached hydrogens (primary N) is 1. The van der Waals surface area contributed by atoms with E-state index in [1.54, 1.807) is 6.92 Å². The SMILES string of the molecule is CCOc1cc(N)c([N+](=O)O)cc1C(=O)NC1CCN(CC2CC=CCC2)CC1. The van der Waals surface area contributed by atoms with Crippen molar-refractivity contribution in [2.45, 2.75) is 45.1 Å². The van der Waals surface area contributed by atoms with E-state index in [0.29, 0.717) is 12.4 Å². The lowest BCUT2D eigenvalue weighted by Crippen LogP contribution is -2.46. The second-order valence-corrected chi connectivity index (χ2v) is 7.81. The number of hydrogen-bond donors (Lipinski definition) is 3. The zero-order valence-corrected chi connectivity index (χ0v) is 17.0. The minimum Gasteiger partial charge on any atom is -0.493 e. The van der Waals surface area contributed by atoms with Crippen molar-refractivity contribution in [1.29, 1.82) is 0 Å². The van der Waals surface area contributed by atoms with Crippen LogP contribution in [0.3, 0.4) is 0 Å². The average Bonchev–Trinajstić information content (AvgIpc) is 2.70. The fourth-order valence-corrected chi connectivity index (χ4v) is 4.11. The summed E-state index contributed by atoms with van der Waals surface area (Å²) in [6.07, 6.45) is 9.92. The van der Waals surface area contributed by atoms with E-state index < -0.39 is 0 Å². The van der Waals surface area contributed by atoms with Crippen molar-refractivity contribution >= 4 is 17.3 Å². The van der Waals surface area contributed by atoms with E-state index in [0.717, 1.165) is 44.8 Å². The third-order valence-corrected chi connectivity index (χ3v) is 5.70. The summed E-state index contributed by atoms with van der Waals surface area (Å²) in [6.45, 7) is 5.20. The van der Waals surface area contributed by atoms with Gasteiger partial charge in [-0.15, -0.1) is 0 Å². The van der Waals surface area contributed by atoms with Crippen molar-refractivity contribution in [2.75, 3.05) is 32.0 Å². The van der Waals surface area contributed by atoms with E-state index in [2.05, 4.69) is 22.4 Å². The molecule has 0 radical (unpaired) electrons. The van der Waals surface area contributed by atoms with Gasteiger partial charge in [-0.3, -0.25) is 4.79 Å². The summed E-state index contributed by atoms with van der Waals surface area (Å²) in [5.74, 6) is 0.713. The highest BCUT2D eigenvalue weighted by atomic mass is 16.6. The van der Waals surface area contributed by atoms with E-state index in [9.17, 15) is 14.9 Å². The predicted molar refractivity (Wildman–Crippen MR) is 111 cm³/mol. The van der Waals surface area contributed by atoms with Crippen LogP contribution in [0.4, 0.5) is 11.4 Å². The van der Waals surface area contributed by atoms with Crippen LogP contribution in [0.15, 0.2) is 24.3 Å². The van der Waals surface area contributed by atoms with Gasteiger partial charge in [-0.1, -0.05) is 12.2 Å². The molecule has 29 heavy (non-hydrogen) atoms. The third kappa shape index (κ3) is 5.47. The Balaban J connectivity index is 1.59. The second-order valence-electron chi connectivity index (χ2n) is 7.81. The van der Waals surface area contributed by atoms with E-state index in [1.165, 1.54) is 25.0 Å². The monoisotopic (exact) mass is 403 g/mol. The van der Waals surface area contributed by atoms with Crippen molar-refractivity contribution in [1.82, 2.24) is 10.2 Å². The first-order valence-electron chi connectivity index (χ1n) is 10.4. The third-order valence-electron chi connectivity index (χ3n) is 5.70. The summed E-state index contributed by atoms with van der Waals surface area (Å²) < 4.78 is 5.51. The zero-order valence-electron chi connectivity index (χ0n) is 17.0. The maximum absolute atomic E-state index is 12.8. The first-order valence-corrected chi connectivity index (χ1v) is 10.4. The Labute approximate surface area is 171 Å². The molecule has 158 valence electrons. The molecule has 1 amide bonds. The topological polar surface area (TPSA) is 108 Å². The maximum Gasteiger partial charge on any atom is 0.340 e. The van der Waals surface area contributed by atoms with Crippen LogP contribution in [-0.2, 0) is 0 Å². The van der Waals surface area contributed by atoms with E-state index in [4.69, 9.17) is 10.5 Å². The minimum atomic E-state index is -0.333. The molecule has 1 heterocycles. The molecule has 0 spiro atoms. The number of ether oxygens (including phenoxy) is 1. The van der Waals surface area contributed by atoms with Crippen LogP contribution in [0.25, 0.3) is 0 Å². The molecule has 4 N–H and O–H groups in total. The Bertz CT molecular complexity index is 772. The van der Waals surface area contributed by atoms with Crippen molar-refractivity contribution in [3.8, 4) is 5.75 Å². The van der Waals surface area contributed by atoms with Gasteiger partial charge in [0, 0.05) is 37.8 Å². The molecule has 1 atom stereocenters. The lowest BCUT2D eigenvalue weighted by Gasteiger charge is -2.35. The van der Waals surface area contributed by atoms with Crippen LogP contribution in [-0.4, -0.2) is 53.2 Å². The van der Waals surface area contributed by atoms with Crippen molar-refractivity contribution in [3.63, 3.8) is 0 Å². The highest BCUT2D eigenvalue weighted by Gasteiger charge is 2.27. The smallest absolute Gasteiger partial charge is 0.340 e. The number of allylic oxidation sites excluding steroid dienone is 2. The van der Waals surface area contributed by atoms with Gasteiger partial charge in [-0.25, -0.2) is 5.21 Å². The van der Waals surface area contributed by atoms with E-state index >= 15 is 0 Å². The molecule has 0 bridgehead atoms. The first-order chi connectivity index (χ1) is 14.0. The summed E-state index contributed by atoms with van der Waals surface area (Å²) in [7, 11) is 0. The molecule has 3 rings (SSSR count). The Morgan fingerprint density at radius 1 is 1.31 bits per heavy atom. The molecule has 0 aromatic heterocycles. The molecule has 1 aromatic rings. The summed E-state index contributed by atoms with van der Waals surface area (Å²) in [5, 5.41) is 12.3. The van der Waals surface area contributed by atoms with Gasteiger partial charge in [0.2, 0.25) is 0 Å². The van der Waals surface area contributed by atoms with Gasteiger partial charge in [0.25, 0.3) is 10.8 Å². The molecule has 1 saturated heterocycles. The number of hydrogen-bond acceptors (Lipinski definition) is 5. The fraction of sp³-hybridized carbons (Fsp3) is 0.571. The number of nitrogens with one attached hydrogen (secondary N) is 1. The molecule has 0 saturated carbocycles. The summed E-state index contributed by atoms with van der Waals surface area (Å²) in [6, 6.07) is 2.74. The number of carbonyl (C=O) groups is 1. The standard InChI is InChI=1S/C21H30N4O4/c1-2-29-20-13-18(22)19(25(27)28)12-17(20)21(26)23-16-8-10-24(11-9-16)14-15-6-4-3-5-7-15/h3-4,12-13,15-16H,2,5-11,14H2,1H3,(H3-,22,23,26,27,28)/p+1. The minimum absolute atomic E-state index is 0.0494. The van der Waals surface area contributed by atoms with Crippen LogP contribution in [0.1, 0.15) is 49.4 Å². The number of rotatable bonds is 7. The van der Waals surface area contributed by atoms with E-state index in [1.807, 2.05) is 0 Å². The second kappa shape index (κ2) is 9.73. The van der Waals surface area contributed by atoms with Gasteiger partial charge in [-0.05, 0) is 44.9 Å². The quantitative estimate of drug-likeness (QED) is 0.367. The van der Waals surface area contributed by atoms with Crippen LogP contribution < -0.4 is 15.8 Å². The molecule has 2 aliphatic rings. The largest absolute Gasteiger partial charge is 0.493 e. The van der Waals surface area contributed by atoms with Crippen LogP contribution >= 0.6 is 0 Å². The number of carbonyl (C=O) groups excluding carboxylic acids is 1. The molecule has 1 aromatic carbocycles. The van der Waals surface area contributed by atoms with Crippen molar-refractivity contribution in [3.05, 3.63) is 34.8 Å². The Kier molecular flexibility index (Phi) is 7.09. The van der Waals surface area contributed by atoms with Gasteiger partial charge in [0.1, 0.15) is 11.4 Å². The number of nitrogen functional groups attached to an aromatic ring is 1. The molecule has 8 heteroatoms. The molecule has 1 aliphatic carbocycles. The number of anilines is 1. The van der Waals surface area contributed by atoms with Crippen molar-refractivity contribution in [2.24, 2.45) is 5.92 Å². The number of piperidine rings is 1. The maximum atomic E-state index is 12.8. The Morgan fingerprint density at radius 3 is 2.69 bits per heavy atom. The van der Waals surface area contributed by atoms with Crippen LogP contribution in [0.2, 0.25) is 0 Å². The van der Waals surface area contributed by atoms with Gasteiger partial charge >= 0.3 is 5.69 Å². The fourth-order valence-electron chi connectivity index (χ4n) is 4.11. The lowest BCUT2D eigenvalue weighted by molar-refractivity contribution is -0.729. The summed E-state index contributed by atoms with van der Waals surface area (Å²) in [4.78, 5) is 26.3. The lowest BCUT2D eigenvalue weighted by atomic mass is 9.93. The molecular weight excluding hydrogens is 372 g/mol. The number of benzene rings is 1. The molecule has 1 fully saturated rings. The molecular formula is C21H31N4O4+.